The molecule has 6 heteroatoms. The monoisotopic (exact) mass is 255 g/mol. The fourth-order valence-electron chi connectivity index (χ4n) is 1.82. The van der Waals surface area contributed by atoms with Gasteiger partial charge in [0.25, 0.3) is 0 Å². The van der Waals surface area contributed by atoms with Crippen LogP contribution in [0, 0.1) is 5.92 Å². The van der Waals surface area contributed by atoms with Gasteiger partial charge in [0, 0.05) is 6.54 Å². The lowest BCUT2D eigenvalue weighted by atomic mass is 9.86. The zero-order chi connectivity index (χ0) is 12.3. The number of nitrogens with one attached hydrogen (secondary N) is 2. The Bertz CT molecular complexity index is 483. The minimum atomic E-state index is -3.47. The molecule has 1 aliphatic rings. The van der Waals surface area contributed by atoms with Gasteiger partial charge in [-0.15, -0.1) is 0 Å². The summed E-state index contributed by atoms with van der Waals surface area (Å²) in [5, 5.41) is 0. The Morgan fingerprint density at radius 2 is 2.00 bits per heavy atom. The topological polar surface area (TPSA) is 84.2 Å². The van der Waals surface area contributed by atoms with E-state index >= 15 is 0 Å². The number of para-hydroxylation sites is 1. The number of anilines is 1. The Kier molecular flexibility index (Phi) is 3.66. The summed E-state index contributed by atoms with van der Waals surface area (Å²) in [5.41, 5.74) is 2.81. The maximum absolute atomic E-state index is 12.0. The first-order valence-corrected chi connectivity index (χ1v) is 7.17. The molecule has 4 N–H and O–H groups in total. The molecule has 0 radical (unpaired) electrons. The average molecular weight is 255 g/mol. The lowest BCUT2D eigenvalue weighted by Gasteiger charge is -2.25. The fourth-order valence-corrected chi connectivity index (χ4v) is 3.11. The number of nitrogens with two attached hydrogens (primary N) is 1. The number of hydrazine groups is 1. The largest absolute Gasteiger partial charge is 0.323 e. The third kappa shape index (κ3) is 2.77. The van der Waals surface area contributed by atoms with Crippen LogP contribution in [0.25, 0.3) is 0 Å². The Labute approximate surface area is 101 Å². The summed E-state index contributed by atoms with van der Waals surface area (Å²) < 4.78 is 26.7. The first kappa shape index (κ1) is 12.3. The minimum Gasteiger partial charge on any atom is -0.323 e. The van der Waals surface area contributed by atoms with E-state index in [1.54, 1.807) is 18.2 Å². The molecule has 1 aromatic rings. The van der Waals surface area contributed by atoms with Gasteiger partial charge in [0.15, 0.2) is 0 Å². The van der Waals surface area contributed by atoms with E-state index in [-0.39, 0.29) is 4.90 Å². The molecule has 0 unspecified atom stereocenters. The van der Waals surface area contributed by atoms with Crippen molar-refractivity contribution in [2.75, 3.05) is 12.0 Å². The van der Waals surface area contributed by atoms with Gasteiger partial charge in [-0.25, -0.2) is 13.1 Å². The number of hydrogen-bond acceptors (Lipinski definition) is 4. The van der Waals surface area contributed by atoms with Crippen LogP contribution in [0.5, 0.6) is 0 Å². The molecule has 1 aromatic carbocycles. The zero-order valence-corrected chi connectivity index (χ0v) is 10.3. The lowest BCUT2D eigenvalue weighted by molar-refractivity contribution is 0.316. The van der Waals surface area contributed by atoms with Gasteiger partial charge in [-0.1, -0.05) is 18.6 Å². The second-order valence-corrected chi connectivity index (χ2v) is 6.02. The van der Waals surface area contributed by atoms with Crippen LogP contribution in [0.3, 0.4) is 0 Å². The van der Waals surface area contributed by atoms with Crippen molar-refractivity contribution in [3.05, 3.63) is 24.3 Å². The molecule has 0 saturated heterocycles. The van der Waals surface area contributed by atoms with E-state index in [9.17, 15) is 8.42 Å². The van der Waals surface area contributed by atoms with Crippen molar-refractivity contribution in [2.45, 2.75) is 24.2 Å². The van der Waals surface area contributed by atoms with Crippen LogP contribution in [0.15, 0.2) is 29.2 Å². The quantitative estimate of drug-likeness (QED) is 0.542. The van der Waals surface area contributed by atoms with Crippen molar-refractivity contribution in [3.63, 3.8) is 0 Å². The third-order valence-electron chi connectivity index (χ3n) is 3.12. The number of nitrogen functional groups attached to an aromatic ring is 1. The molecule has 1 saturated carbocycles. The van der Waals surface area contributed by atoms with Crippen molar-refractivity contribution < 1.29 is 8.42 Å². The van der Waals surface area contributed by atoms with Gasteiger partial charge in [-0.2, -0.15) is 0 Å². The van der Waals surface area contributed by atoms with Gasteiger partial charge in [0.1, 0.15) is 4.90 Å². The molecule has 5 nitrogen and oxygen atoms in total. The molecule has 0 amide bonds. The lowest BCUT2D eigenvalue weighted by Crippen LogP contribution is -2.32. The predicted octanol–water partition coefficient (Wildman–Crippen LogP) is 1.05. The number of sulfonamides is 1. The van der Waals surface area contributed by atoms with E-state index in [1.165, 1.54) is 12.5 Å². The van der Waals surface area contributed by atoms with E-state index in [2.05, 4.69) is 10.1 Å². The maximum Gasteiger partial charge on any atom is 0.242 e. The van der Waals surface area contributed by atoms with Crippen LogP contribution in [0.1, 0.15) is 19.3 Å². The first-order chi connectivity index (χ1) is 8.13. The van der Waals surface area contributed by atoms with Crippen LogP contribution in [0.4, 0.5) is 5.69 Å². The van der Waals surface area contributed by atoms with E-state index in [4.69, 9.17) is 5.84 Å². The fraction of sp³-hybridized carbons (Fsp3) is 0.455. The Morgan fingerprint density at radius 3 is 2.59 bits per heavy atom. The number of benzene rings is 1. The highest BCUT2D eigenvalue weighted by atomic mass is 32.2. The summed E-state index contributed by atoms with van der Waals surface area (Å²) in [6.07, 6.45) is 3.42. The van der Waals surface area contributed by atoms with E-state index in [0.717, 1.165) is 12.8 Å². The van der Waals surface area contributed by atoms with Crippen molar-refractivity contribution in [1.29, 1.82) is 0 Å². The molecule has 2 rings (SSSR count). The first-order valence-electron chi connectivity index (χ1n) is 5.69. The third-order valence-corrected chi connectivity index (χ3v) is 4.60. The molecule has 0 atom stereocenters. The number of rotatable bonds is 5. The molecular weight excluding hydrogens is 238 g/mol. The highest BCUT2D eigenvalue weighted by Crippen LogP contribution is 2.26. The van der Waals surface area contributed by atoms with Crippen molar-refractivity contribution in [1.82, 2.24) is 4.72 Å². The van der Waals surface area contributed by atoms with Crippen LogP contribution < -0.4 is 16.0 Å². The summed E-state index contributed by atoms with van der Waals surface area (Å²) in [7, 11) is -3.47. The van der Waals surface area contributed by atoms with Crippen LogP contribution in [-0.2, 0) is 10.0 Å². The minimum absolute atomic E-state index is 0.196. The van der Waals surface area contributed by atoms with Crippen LogP contribution >= 0.6 is 0 Å². The van der Waals surface area contributed by atoms with Gasteiger partial charge in [0.2, 0.25) is 10.0 Å². The molecule has 1 fully saturated rings. The summed E-state index contributed by atoms with van der Waals surface area (Å²) in [4.78, 5) is 0.196. The SMILES string of the molecule is NNc1ccccc1S(=O)(=O)NCC1CCC1. The van der Waals surface area contributed by atoms with Gasteiger partial charge < -0.3 is 5.43 Å². The van der Waals surface area contributed by atoms with Crippen molar-refractivity contribution in [3.8, 4) is 0 Å². The van der Waals surface area contributed by atoms with E-state index in [0.29, 0.717) is 18.2 Å². The molecular formula is C11H17N3O2S. The average Bonchev–Trinajstić information content (AvgIpc) is 2.26. The molecule has 94 valence electrons. The smallest absolute Gasteiger partial charge is 0.242 e. The summed E-state index contributed by atoms with van der Waals surface area (Å²) in [6.45, 7) is 0.515. The highest BCUT2D eigenvalue weighted by Gasteiger charge is 2.22. The summed E-state index contributed by atoms with van der Waals surface area (Å²) in [5.74, 6) is 5.79. The molecule has 0 bridgehead atoms. The maximum atomic E-state index is 12.0. The Morgan fingerprint density at radius 1 is 1.29 bits per heavy atom. The van der Waals surface area contributed by atoms with Gasteiger partial charge in [-0.05, 0) is 30.9 Å². The van der Waals surface area contributed by atoms with Gasteiger partial charge in [0.05, 0.1) is 5.69 Å². The predicted molar refractivity (Wildman–Crippen MR) is 66.8 cm³/mol. The van der Waals surface area contributed by atoms with E-state index in [1.807, 2.05) is 0 Å². The second kappa shape index (κ2) is 5.03. The Hall–Kier alpha value is -1.11. The number of hydrogen-bond donors (Lipinski definition) is 3. The summed E-state index contributed by atoms with van der Waals surface area (Å²) >= 11 is 0. The van der Waals surface area contributed by atoms with Crippen molar-refractivity contribution in [2.24, 2.45) is 11.8 Å². The molecule has 0 aliphatic heterocycles. The standard InChI is InChI=1S/C11H17N3O2S/c12-14-10-6-1-2-7-11(10)17(15,16)13-8-9-4-3-5-9/h1-2,6-7,9,13-14H,3-5,8,12H2. The molecule has 17 heavy (non-hydrogen) atoms. The Balaban J connectivity index is 2.12. The molecule has 1 aliphatic carbocycles. The van der Waals surface area contributed by atoms with E-state index < -0.39 is 10.0 Å². The van der Waals surface area contributed by atoms with Gasteiger partial charge >= 0.3 is 0 Å². The molecule has 0 spiro atoms. The van der Waals surface area contributed by atoms with Gasteiger partial charge in [-0.3, -0.25) is 5.84 Å². The normalized spacial score (nSPS) is 16.5. The highest BCUT2D eigenvalue weighted by molar-refractivity contribution is 7.89. The molecule has 0 heterocycles. The summed E-state index contributed by atoms with van der Waals surface area (Å²) in [6, 6.07) is 6.59. The van der Waals surface area contributed by atoms with Crippen LogP contribution in [-0.4, -0.2) is 15.0 Å². The second-order valence-electron chi connectivity index (χ2n) is 4.29. The van der Waals surface area contributed by atoms with Crippen molar-refractivity contribution >= 4 is 15.7 Å². The molecule has 0 aromatic heterocycles. The zero-order valence-electron chi connectivity index (χ0n) is 9.52. The van der Waals surface area contributed by atoms with Crippen LogP contribution in [0.2, 0.25) is 0 Å².